The summed E-state index contributed by atoms with van der Waals surface area (Å²) in [6, 6.07) is 65.5. The number of furan rings is 1. The molecule has 52 heavy (non-hydrogen) atoms. The molecule has 0 saturated carbocycles. The van der Waals surface area contributed by atoms with Gasteiger partial charge in [-0.3, -0.25) is 0 Å². The number of rotatable bonds is 5. The molecule has 3 heterocycles. The quantitative estimate of drug-likeness (QED) is 0.180. The molecule has 0 atom stereocenters. The highest BCUT2D eigenvalue weighted by Crippen LogP contribution is 2.46. The minimum absolute atomic E-state index is 0.879. The first-order valence-corrected chi connectivity index (χ1v) is 18.4. The maximum absolute atomic E-state index is 6.40. The molecule has 0 aliphatic rings. The van der Waals surface area contributed by atoms with E-state index in [1.54, 1.807) is 0 Å². The SMILES string of the molecule is c1cc(-c2ccc(N(c3ccc4c(c3)oc3ccccc34)c3cccc4sc5ccccc5c34)cc2)cc(-n2c3ccccc3c3ccccc32)c1. The number of nitrogens with zero attached hydrogens (tertiary/aromatic N) is 2. The summed E-state index contributed by atoms with van der Waals surface area (Å²) >= 11 is 1.84. The number of thiophene rings is 1. The fraction of sp³-hybridized carbons (Fsp3) is 0. The average Bonchev–Trinajstić information content (AvgIpc) is 3.88. The van der Waals surface area contributed by atoms with Crippen LogP contribution in [0.15, 0.2) is 186 Å². The van der Waals surface area contributed by atoms with Crippen molar-refractivity contribution in [1.29, 1.82) is 0 Å². The molecule has 0 bridgehead atoms. The van der Waals surface area contributed by atoms with Crippen molar-refractivity contribution in [3.8, 4) is 16.8 Å². The van der Waals surface area contributed by atoms with Gasteiger partial charge < -0.3 is 13.9 Å². The molecule has 0 amide bonds. The molecule has 0 aliphatic heterocycles. The van der Waals surface area contributed by atoms with Crippen LogP contribution in [0.4, 0.5) is 17.1 Å². The van der Waals surface area contributed by atoms with Crippen molar-refractivity contribution in [1.82, 2.24) is 4.57 Å². The van der Waals surface area contributed by atoms with E-state index in [0.29, 0.717) is 0 Å². The lowest BCUT2D eigenvalue weighted by molar-refractivity contribution is 0.669. The van der Waals surface area contributed by atoms with Crippen LogP contribution >= 0.6 is 11.3 Å². The van der Waals surface area contributed by atoms with Crippen molar-refractivity contribution in [2.45, 2.75) is 0 Å². The fourth-order valence-electron chi connectivity index (χ4n) is 8.05. The van der Waals surface area contributed by atoms with Gasteiger partial charge >= 0.3 is 0 Å². The van der Waals surface area contributed by atoms with Gasteiger partial charge in [0.25, 0.3) is 0 Å². The lowest BCUT2D eigenvalue weighted by atomic mass is 10.0. The first kappa shape index (κ1) is 29.1. The maximum Gasteiger partial charge on any atom is 0.137 e. The molecule has 0 saturated heterocycles. The Kier molecular flexibility index (Phi) is 6.42. The molecule has 0 fully saturated rings. The number of aromatic nitrogens is 1. The van der Waals surface area contributed by atoms with Gasteiger partial charge in [0.2, 0.25) is 0 Å². The molecule has 244 valence electrons. The summed E-state index contributed by atoms with van der Waals surface area (Å²) in [5, 5.41) is 7.32. The smallest absolute Gasteiger partial charge is 0.137 e. The second-order valence-electron chi connectivity index (χ2n) is 13.3. The first-order valence-electron chi connectivity index (χ1n) is 17.6. The molecular formula is C48H30N2OS. The van der Waals surface area contributed by atoms with Crippen LogP contribution in [0.3, 0.4) is 0 Å². The van der Waals surface area contributed by atoms with E-state index in [1.807, 2.05) is 23.5 Å². The molecule has 8 aromatic carbocycles. The molecule has 3 aromatic heterocycles. The Morgan fingerprint density at radius 3 is 1.87 bits per heavy atom. The van der Waals surface area contributed by atoms with Crippen molar-refractivity contribution >= 4 is 92.3 Å². The second-order valence-corrected chi connectivity index (χ2v) is 14.4. The van der Waals surface area contributed by atoms with E-state index in [-0.39, 0.29) is 0 Å². The number of benzene rings is 8. The maximum atomic E-state index is 6.40. The van der Waals surface area contributed by atoms with Gasteiger partial charge in [0.1, 0.15) is 11.2 Å². The fourth-order valence-corrected chi connectivity index (χ4v) is 9.18. The molecule has 0 N–H and O–H groups in total. The van der Waals surface area contributed by atoms with E-state index >= 15 is 0 Å². The van der Waals surface area contributed by atoms with Crippen molar-refractivity contribution in [3.63, 3.8) is 0 Å². The summed E-state index contributed by atoms with van der Waals surface area (Å²) in [7, 11) is 0. The summed E-state index contributed by atoms with van der Waals surface area (Å²) < 4.78 is 11.3. The highest BCUT2D eigenvalue weighted by Gasteiger charge is 2.20. The highest BCUT2D eigenvalue weighted by molar-refractivity contribution is 7.26. The molecule has 0 aliphatic carbocycles. The van der Waals surface area contributed by atoms with E-state index in [1.165, 1.54) is 53.1 Å². The van der Waals surface area contributed by atoms with Gasteiger partial charge in [0.15, 0.2) is 0 Å². The Balaban J connectivity index is 1.06. The van der Waals surface area contributed by atoms with Gasteiger partial charge in [0.05, 0.1) is 16.7 Å². The predicted molar refractivity (Wildman–Crippen MR) is 221 cm³/mol. The van der Waals surface area contributed by atoms with E-state index in [9.17, 15) is 0 Å². The minimum Gasteiger partial charge on any atom is -0.456 e. The van der Waals surface area contributed by atoms with E-state index < -0.39 is 0 Å². The first-order chi connectivity index (χ1) is 25.8. The van der Waals surface area contributed by atoms with Crippen LogP contribution in [0.25, 0.3) is 80.7 Å². The van der Waals surface area contributed by atoms with Gasteiger partial charge in [-0.1, -0.05) is 103 Å². The largest absolute Gasteiger partial charge is 0.456 e. The predicted octanol–water partition coefficient (Wildman–Crippen LogP) is 14.2. The van der Waals surface area contributed by atoms with Gasteiger partial charge in [-0.15, -0.1) is 11.3 Å². The van der Waals surface area contributed by atoms with Crippen LogP contribution in [0.2, 0.25) is 0 Å². The van der Waals surface area contributed by atoms with Crippen molar-refractivity contribution in [2.75, 3.05) is 4.90 Å². The molecule has 0 unspecified atom stereocenters. The molecule has 3 nitrogen and oxygen atoms in total. The Morgan fingerprint density at radius 2 is 1.06 bits per heavy atom. The molecule has 0 spiro atoms. The van der Waals surface area contributed by atoms with Crippen molar-refractivity contribution in [3.05, 3.63) is 182 Å². The Bertz CT molecular complexity index is 3090. The van der Waals surface area contributed by atoms with E-state index in [2.05, 4.69) is 179 Å². The summed E-state index contributed by atoms with van der Waals surface area (Å²) in [6.07, 6.45) is 0. The molecule has 0 radical (unpaired) electrons. The van der Waals surface area contributed by atoms with Gasteiger partial charge in [-0.25, -0.2) is 0 Å². The van der Waals surface area contributed by atoms with Gasteiger partial charge in [0, 0.05) is 64.8 Å². The lowest BCUT2D eigenvalue weighted by Gasteiger charge is -2.26. The standard InChI is InChI=1S/C48H30N2OS/c1-5-17-41-36(13-1)37-14-2-6-18-42(37)50(41)34-12-9-11-32(29-34)31-23-25-33(26-24-31)49(35-27-28-39-38-15-3-7-20-44(38)51-45(39)30-35)43-19-10-22-47-48(43)40-16-4-8-21-46(40)52-47/h1-30H. The number of anilines is 3. The van der Waals surface area contributed by atoms with Crippen molar-refractivity contribution < 1.29 is 4.42 Å². The molecular weight excluding hydrogens is 653 g/mol. The molecule has 4 heteroatoms. The highest BCUT2D eigenvalue weighted by atomic mass is 32.1. The Hall–Kier alpha value is -6.62. The number of hydrogen-bond acceptors (Lipinski definition) is 3. The van der Waals surface area contributed by atoms with Crippen LogP contribution in [0, 0.1) is 0 Å². The van der Waals surface area contributed by atoms with Crippen molar-refractivity contribution in [2.24, 2.45) is 0 Å². The topological polar surface area (TPSA) is 21.3 Å². The van der Waals surface area contributed by atoms with Crippen LogP contribution < -0.4 is 4.90 Å². The summed E-state index contributed by atoms with van der Waals surface area (Å²) in [5.41, 5.74) is 11.0. The second kappa shape index (κ2) is 11.5. The van der Waals surface area contributed by atoms with Crippen LogP contribution in [-0.2, 0) is 0 Å². The van der Waals surface area contributed by atoms with Crippen LogP contribution in [0.5, 0.6) is 0 Å². The molecule has 11 rings (SSSR count). The zero-order valence-corrected chi connectivity index (χ0v) is 28.8. The average molecular weight is 683 g/mol. The lowest BCUT2D eigenvalue weighted by Crippen LogP contribution is -2.10. The zero-order valence-electron chi connectivity index (χ0n) is 28.0. The summed E-state index contributed by atoms with van der Waals surface area (Å²) in [4.78, 5) is 2.38. The van der Waals surface area contributed by atoms with Gasteiger partial charge in [-0.2, -0.15) is 0 Å². The van der Waals surface area contributed by atoms with E-state index in [4.69, 9.17) is 4.42 Å². The third kappa shape index (κ3) is 4.45. The zero-order chi connectivity index (χ0) is 34.2. The summed E-state index contributed by atoms with van der Waals surface area (Å²) in [6.45, 7) is 0. The van der Waals surface area contributed by atoms with Gasteiger partial charge in [-0.05, 0) is 83.9 Å². The third-order valence-electron chi connectivity index (χ3n) is 10.4. The van der Waals surface area contributed by atoms with Crippen LogP contribution in [-0.4, -0.2) is 4.57 Å². The Morgan fingerprint density at radius 1 is 0.423 bits per heavy atom. The van der Waals surface area contributed by atoms with E-state index in [0.717, 1.165) is 44.7 Å². The third-order valence-corrected chi connectivity index (χ3v) is 11.5. The minimum atomic E-state index is 0.879. The number of para-hydroxylation sites is 3. The number of fused-ring (bicyclic) bond motifs is 9. The van der Waals surface area contributed by atoms with Crippen LogP contribution in [0.1, 0.15) is 0 Å². The Labute approximate surface area is 303 Å². The summed E-state index contributed by atoms with van der Waals surface area (Å²) in [5.74, 6) is 0. The number of hydrogen-bond donors (Lipinski definition) is 0. The monoisotopic (exact) mass is 682 g/mol. The molecule has 11 aromatic rings. The normalized spacial score (nSPS) is 11.8.